The fourth-order valence-electron chi connectivity index (χ4n) is 1.76. The summed E-state index contributed by atoms with van der Waals surface area (Å²) in [6, 6.07) is 2.69. The third-order valence-electron chi connectivity index (χ3n) is 2.81. The van der Waals surface area contributed by atoms with Crippen molar-refractivity contribution in [2.24, 2.45) is 17.6 Å². The lowest BCUT2D eigenvalue weighted by atomic mass is 9.95. The van der Waals surface area contributed by atoms with E-state index in [-0.39, 0.29) is 21.6 Å². The van der Waals surface area contributed by atoms with Gasteiger partial charge in [-0.15, -0.1) is 0 Å². The second-order valence-electron chi connectivity index (χ2n) is 4.81. The van der Waals surface area contributed by atoms with Crippen LogP contribution in [0.5, 0.6) is 0 Å². The topological polar surface area (TPSA) is 55.1 Å². The number of rotatable bonds is 4. The van der Waals surface area contributed by atoms with E-state index in [0.29, 0.717) is 0 Å². The Hall–Kier alpha value is -1.34. The van der Waals surface area contributed by atoms with E-state index in [9.17, 15) is 18.0 Å². The van der Waals surface area contributed by atoms with Crippen molar-refractivity contribution in [1.82, 2.24) is 0 Å². The van der Waals surface area contributed by atoms with E-state index in [4.69, 9.17) is 29.6 Å². The van der Waals surface area contributed by atoms with E-state index < -0.39 is 23.6 Å². The van der Waals surface area contributed by atoms with E-state index in [2.05, 4.69) is 5.32 Å². The van der Waals surface area contributed by atoms with Crippen LogP contribution >= 0.6 is 23.8 Å². The third kappa shape index (κ3) is 4.57. The first kappa shape index (κ1) is 17.7. The molecule has 0 aromatic heterocycles. The quantitative estimate of drug-likeness (QED) is 0.820. The van der Waals surface area contributed by atoms with Gasteiger partial charge in [0.2, 0.25) is 5.91 Å². The van der Waals surface area contributed by atoms with Gasteiger partial charge in [0.05, 0.1) is 27.2 Å². The average molecular weight is 339 g/mol. The second kappa shape index (κ2) is 6.62. The number of nitrogens with two attached hydrogens (primary N) is 1. The van der Waals surface area contributed by atoms with Gasteiger partial charge in [-0.25, -0.2) is 0 Å². The van der Waals surface area contributed by atoms with Crippen LogP contribution in [0.4, 0.5) is 18.9 Å². The summed E-state index contributed by atoms with van der Waals surface area (Å²) in [6.45, 7) is 3.52. The molecule has 1 aromatic carbocycles. The van der Waals surface area contributed by atoms with Gasteiger partial charge in [-0.1, -0.05) is 37.7 Å². The molecule has 0 fully saturated rings. The zero-order chi connectivity index (χ0) is 16.4. The Bertz CT molecular complexity index is 561. The highest BCUT2D eigenvalue weighted by Crippen LogP contribution is 2.34. The minimum atomic E-state index is -4.49. The summed E-state index contributed by atoms with van der Waals surface area (Å²) in [5.74, 6) is -1.37. The first-order valence-corrected chi connectivity index (χ1v) is 6.79. The third-order valence-corrected chi connectivity index (χ3v) is 3.38. The summed E-state index contributed by atoms with van der Waals surface area (Å²) in [5, 5.41) is 2.24. The maximum Gasteiger partial charge on any atom is 0.416 e. The van der Waals surface area contributed by atoms with E-state index in [1.807, 2.05) is 0 Å². The Kier molecular flexibility index (Phi) is 5.58. The molecule has 3 nitrogen and oxygen atoms in total. The molecule has 0 saturated carbocycles. The summed E-state index contributed by atoms with van der Waals surface area (Å²) in [5.41, 5.74) is 4.69. The molecule has 1 amide bonds. The van der Waals surface area contributed by atoms with Gasteiger partial charge in [0.15, 0.2) is 0 Å². The maximum absolute atomic E-state index is 12.5. The van der Waals surface area contributed by atoms with Crippen LogP contribution in [0.3, 0.4) is 0 Å². The fraction of sp³-hybridized carbons (Fsp3) is 0.385. The minimum absolute atomic E-state index is 0.0190. The van der Waals surface area contributed by atoms with Crippen molar-refractivity contribution in [3.8, 4) is 0 Å². The number of halogens is 4. The molecule has 0 aliphatic rings. The standard InChI is InChI=1S/C13H14ClF3N2OS/c1-6(2)10(11(18)21)12(20)19-9-4-3-7(5-8(9)14)13(15,16)17/h3-6,10H,1-2H3,(H2,18,21)(H,19,20). The van der Waals surface area contributed by atoms with Crippen LogP contribution < -0.4 is 11.1 Å². The van der Waals surface area contributed by atoms with Crippen molar-refractivity contribution in [2.75, 3.05) is 5.32 Å². The lowest BCUT2D eigenvalue weighted by Crippen LogP contribution is -2.36. The fourth-order valence-corrected chi connectivity index (χ4v) is 2.37. The van der Waals surface area contributed by atoms with Gasteiger partial charge in [0, 0.05) is 0 Å². The Labute approximate surface area is 130 Å². The number of hydrogen-bond acceptors (Lipinski definition) is 2. The summed E-state index contributed by atoms with van der Waals surface area (Å²) in [7, 11) is 0. The molecule has 21 heavy (non-hydrogen) atoms. The molecule has 116 valence electrons. The number of hydrogen-bond donors (Lipinski definition) is 2. The highest BCUT2D eigenvalue weighted by molar-refractivity contribution is 7.80. The zero-order valence-corrected chi connectivity index (χ0v) is 12.9. The highest BCUT2D eigenvalue weighted by atomic mass is 35.5. The number of alkyl halides is 3. The number of benzene rings is 1. The minimum Gasteiger partial charge on any atom is -0.393 e. The largest absolute Gasteiger partial charge is 0.416 e. The van der Waals surface area contributed by atoms with Crippen LogP contribution in [0.2, 0.25) is 5.02 Å². The summed E-state index contributed by atoms with van der Waals surface area (Å²) in [4.78, 5) is 12.1. The van der Waals surface area contributed by atoms with Crippen molar-refractivity contribution < 1.29 is 18.0 Å². The molecule has 1 atom stereocenters. The molecular weight excluding hydrogens is 325 g/mol. The van der Waals surface area contributed by atoms with Crippen LogP contribution in [0.1, 0.15) is 19.4 Å². The van der Waals surface area contributed by atoms with Crippen molar-refractivity contribution >= 4 is 40.4 Å². The molecular formula is C13H14ClF3N2OS. The number of thiocarbonyl (C=S) groups is 1. The summed E-state index contributed by atoms with van der Waals surface area (Å²) < 4.78 is 37.6. The molecule has 0 spiro atoms. The molecule has 0 aliphatic carbocycles. The predicted octanol–water partition coefficient (Wildman–Crippen LogP) is 3.86. The van der Waals surface area contributed by atoms with Crippen LogP contribution in [0, 0.1) is 11.8 Å². The Morgan fingerprint density at radius 3 is 2.33 bits per heavy atom. The molecule has 0 radical (unpaired) electrons. The number of nitrogens with one attached hydrogen (secondary N) is 1. The first-order chi connectivity index (χ1) is 9.54. The van der Waals surface area contributed by atoms with Crippen LogP contribution in [0.15, 0.2) is 18.2 Å². The summed E-state index contributed by atoms with van der Waals surface area (Å²) >= 11 is 10.6. The van der Waals surface area contributed by atoms with Gasteiger partial charge in [-0.3, -0.25) is 4.79 Å². The molecule has 1 rings (SSSR count). The molecule has 1 unspecified atom stereocenters. The Morgan fingerprint density at radius 1 is 1.38 bits per heavy atom. The molecule has 1 aromatic rings. The smallest absolute Gasteiger partial charge is 0.393 e. The van der Waals surface area contributed by atoms with Gasteiger partial charge in [-0.2, -0.15) is 13.2 Å². The molecule has 0 bridgehead atoms. The lowest BCUT2D eigenvalue weighted by molar-refractivity contribution is -0.137. The molecule has 3 N–H and O–H groups in total. The van der Waals surface area contributed by atoms with Gasteiger partial charge >= 0.3 is 6.18 Å². The monoisotopic (exact) mass is 338 g/mol. The lowest BCUT2D eigenvalue weighted by Gasteiger charge is -2.19. The Morgan fingerprint density at radius 2 is 1.95 bits per heavy atom. The van der Waals surface area contributed by atoms with Gasteiger partial charge in [0.25, 0.3) is 0 Å². The van der Waals surface area contributed by atoms with Crippen LogP contribution in [-0.4, -0.2) is 10.9 Å². The predicted molar refractivity (Wildman–Crippen MR) is 80.2 cm³/mol. The second-order valence-corrected chi connectivity index (χ2v) is 5.68. The number of carbonyl (C=O) groups excluding carboxylic acids is 1. The number of amides is 1. The Balaban J connectivity index is 2.99. The normalized spacial score (nSPS) is 13.1. The van der Waals surface area contributed by atoms with E-state index in [1.54, 1.807) is 13.8 Å². The molecule has 0 heterocycles. The zero-order valence-electron chi connectivity index (χ0n) is 11.3. The van der Waals surface area contributed by atoms with Gasteiger partial charge < -0.3 is 11.1 Å². The average Bonchev–Trinajstić information content (AvgIpc) is 2.29. The van der Waals surface area contributed by atoms with Crippen molar-refractivity contribution in [3.63, 3.8) is 0 Å². The van der Waals surface area contributed by atoms with Crippen LogP contribution in [-0.2, 0) is 11.0 Å². The number of anilines is 1. The maximum atomic E-state index is 12.5. The van der Waals surface area contributed by atoms with Gasteiger partial charge in [-0.05, 0) is 24.1 Å². The van der Waals surface area contributed by atoms with Crippen molar-refractivity contribution in [2.45, 2.75) is 20.0 Å². The SMILES string of the molecule is CC(C)C(C(=O)Nc1ccc(C(F)(F)F)cc1Cl)C(N)=S. The molecule has 0 saturated heterocycles. The van der Waals surface area contributed by atoms with E-state index >= 15 is 0 Å². The van der Waals surface area contributed by atoms with Gasteiger partial charge in [0.1, 0.15) is 0 Å². The van der Waals surface area contributed by atoms with E-state index in [0.717, 1.165) is 18.2 Å². The molecule has 0 aliphatic heterocycles. The molecule has 8 heteroatoms. The highest BCUT2D eigenvalue weighted by Gasteiger charge is 2.31. The van der Waals surface area contributed by atoms with Crippen LogP contribution in [0.25, 0.3) is 0 Å². The van der Waals surface area contributed by atoms with Crippen molar-refractivity contribution in [3.05, 3.63) is 28.8 Å². The first-order valence-electron chi connectivity index (χ1n) is 6.01. The summed E-state index contributed by atoms with van der Waals surface area (Å²) in [6.07, 6.45) is -4.49. The van der Waals surface area contributed by atoms with E-state index in [1.165, 1.54) is 0 Å². The number of carbonyl (C=O) groups is 1. The van der Waals surface area contributed by atoms with Crippen molar-refractivity contribution in [1.29, 1.82) is 0 Å².